The van der Waals surface area contributed by atoms with Crippen LogP contribution in [0.4, 0.5) is 11.6 Å². The molecule has 0 spiro atoms. The van der Waals surface area contributed by atoms with Crippen molar-refractivity contribution in [3.8, 4) is 11.3 Å². The summed E-state index contributed by atoms with van der Waals surface area (Å²) in [5.74, 6) is 2.98. The molecule has 1 aliphatic heterocycles. The van der Waals surface area contributed by atoms with Crippen LogP contribution < -0.4 is 10.2 Å². The molecule has 0 bridgehead atoms. The lowest BCUT2D eigenvalue weighted by Crippen LogP contribution is -2.50. The molecule has 9 nitrogen and oxygen atoms in total. The van der Waals surface area contributed by atoms with Crippen LogP contribution in [0.5, 0.6) is 0 Å². The summed E-state index contributed by atoms with van der Waals surface area (Å²) in [6, 6.07) is 9.88. The van der Waals surface area contributed by atoms with Crippen LogP contribution in [-0.4, -0.2) is 54.4 Å². The molecule has 4 aromatic heterocycles. The molecule has 1 saturated heterocycles. The maximum absolute atomic E-state index is 4.38. The first kappa shape index (κ1) is 16.5. The van der Waals surface area contributed by atoms with E-state index in [9.17, 15) is 0 Å². The number of aromatic nitrogens is 7. The minimum absolute atomic E-state index is 0.536. The molecule has 28 heavy (non-hydrogen) atoms. The number of rotatable bonds is 5. The normalized spacial score (nSPS) is 14.2. The van der Waals surface area contributed by atoms with Gasteiger partial charge in [-0.05, 0) is 31.2 Å². The van der Waals surface area contributed by atoms with E-state index in [0.717, 1.165) is 48.2 Å². The number of aryl methyl sites for hydroxylation is 1. The van der Waals surface area contributed by atoms with Crippen molar-refractivity contribution < 1.29 is 0 Å². The van der Waals surface area contributed by atoms with Crippen LogP contribution in [-0.2, 0) is 0 Å². The molecular formula is C19H19N9. The third kappa shape index (κ3) is 3.11. The zero-order valence-corrected chi connectivity index (χ0v) is 15.4. The Morgan fingerprint density at radius 2 is 1.96 bits per heavy atom. The van der Waals surface area contributed by atoms with Gasteiger partial charge in [0.2, 0.25) is 0 Å². The topological polar surface area (TPSA) is 97.0 Å². The van der Waals surface area contributed by atoms with Crippen molar-refractivity contribution in [1.29, 1.82) is 0 Å². The van der Waals surface area contributed by atoms with Crippen molar-refractivity contribution in [3.63, 3.8) is 0 Å². The second-order valence-corrected chi connectivity index (χ2v) is 6.92. The predicted octanol–water partition coefficient (Wildman–Crippen LogP) is 1.83. The highest BCUT2D eigenvalue weighted by molar-refractivity contribution is 5.59. The summed E-state index contributed by atoms with van der Waals surface area (Å²) in [4.78, 5) is 14.8. The molecule has 0 aromatic carbocycles. The molecular weight excluding hydrogens is 354 g/mol. The molecule has 0 aliphatic carbocycles. The molecule has 9 heteroatoms. The number of hydrogen-bond acceptors (Lipinski definition) is 8. The summed E-state index contributed by atoms with van der Waals surface area (Å²) >= 11 is 0. The number of anilines is 2. The summed E-state index contributed by atoms with van der Waals surface area (Å²) in [7, 11) is 0. The van der Waals surface area contributed by atoms with Gasteiger partial charge in [0.05, 0.1) is 5.69 Å². The molecule has 0 amide bonds. The predicted molar refractivity (Wildman–Crippen MR) is 105 cm³/mol. The fraction of sp³-hybridized carbons (Fsp3) is 0.263. The van der Waals surface area contributed by atoms with Crippen molar-refractivity contribution in [3.05, 3.63) is 54.7 Å². The van der Waals surface area contributed by atoms with E-state index in [0.29, 0.717) is 11.7 Å². The highest BCUT2D eigenvalue weighted by Gasteiger charge is 2.28. The van der Waals surface area contributed by atoms with Crippen LogP contribution in [0.2, 0.25) is 0 Å². The Bertz CT molecular complexity index is 1090. The summed E-state index contributed by atoms with van der Waals surface area (Å²) in [6.07, 6.45) is 5.04. The van der Waals surface area contributed by atoms with Crippen molar-refractivity contribution in [2.24, 2.45) is 5.92 Å². The van der Waals surface area contributed by atoms with E-state index in [1.165, 1.54) is 6.33 Å². The maximum Gasteiger partial charge on any atom is 0.254 e. The van der Waals surface area contributed by atoms with Gasteiger partial charge in [0.1, 0.15) is 12.1 Å². The van der Waals surface area contributed by atoms with Gasteiger partial charge in [-0.2, -0.15) is 14.6 Å². The van der Waals surface area contributed by atoms with E-state index in [-0.39, 0.29) is 0 Å². The van der Waals surface area contributed by atoms with Gasteiger partial charge >= 0.3 is 0 Å². The van der Waals surface area contributed by atoms with E-state index in [1.54, 1.807) is 16.9 Å². The van der Waals surface area contributed by atoms with E-state index in [4.69, 9.17) is 0 Å². The minimum Gasteiger partial charge on any atom is -0.369 e. The quantitative estimate of drug-likeness (QED) is 0.566. The maximum atomic E-state index is 4.38. The summed E-state index contributed by atoms with van der Waals surface area (Å²) in [6.45, 7) is 4.71. The van der Waals surface area contributed by atoms with E-state index >= 15 is 0 Å². The smallest absolute Gasteiger partial charge is 0.254 e. The van der Waals surface area contributed by atoms with Crippen LogP contribution in [0.1, 0.15) is 5.69 Å². The first-order chi connectivity index (χ1) is 13.8. The molecule has 1 N–H and O–H groups in total. The lowest BCUT2D eigenvalue weighted by molar-refractivity contribution is 0.425. The SMILES string of the molecule is Cc1cc(NCC2CN(c3ccc(-c4ccncc4)nn3)C2)n2ncnc2n1. The van der Waals surface area contributed by atoms with Gasteiger partial charge in [0.25, 0.3) is 5.78 Å². The number of nitrogens with one attached hydrogen (secondary N) is 1. The number of fused-ring (bicyclic) bond motifs is 1. The van der Waals surface area contributed by atoms with Gasteiger partial charge in [0.15, 0.2) is 5.82 Å². The Morgan fingerprint density at radius 1 is 1.11 bits per heavy atom. The Labute approximate surface area is 161 Å². The monoisotopic (exact) mass is 373 g/mol. The molecule has 5 rings (SSSR count). The van der Waals surface area contributed by atoms with E-state index < -0.39 is 0 Å². The van der Waals surface area contributed by atoms with E-state index in [1.807, 2.05) is 37.3 Å². The summed E-state index contributed by atoms with van der Waals surface area (Å²) < 4.78 is 1.73. The van der Waals surface area contributed by atoms with Crippen molar-refractivity contribution >= 4 is 17.4 Å². The van der Waals surface area contributed by atoms with Crippen molar-refractivity contribution in [1.82, 2.24) is 34.8 Å². The van der Waals surface area contributed by atoms with Crippen LogP contribution in [0.15, 0.2) is 49.1 Å². The highest BCUT2D eigenvalue weighted by Crippen LogP contribution is 2.24. The Balaban J connectivity index is 1.19. The Hall–Kier alpha value is -3.62. The molecule has 1 aliphatic rings. The lowest BCUT2D eigenvalue weighted by atomic mass is 10.0. The summed E-state index contributed by atoms with van der Waals surface area (Å²) in [5, 5.41) is 16.4. The molecule has 0 radical (unpaired) electrons. The number of hydrogen-bond donors (Lipinski definition) is 1. The zero-order chi connectivity index (χ0) is 18.9. The third-order valence-electron chi connectivity index (χ3n) is 4.86. The van der Waals surface area contributed by atoms with Gasteiger partial charge in [-0.15, -0.1) is 10.2 Å². The second-order valence-electron chi connectivity index (χ2n) is 6.92. The average molecular weight is 373 g/mol. The molecule has 0 unspecified atom stereocenters. The zero-order valence-electron chi connectivity index (χ0n) is 15.4. The van der Waals surface area contributed by atoms with Crippen molar-refractivity contribution in [2.45, 2.75) is 6.92 Å². The highest BCUT2D eigenvalue weighted by atomic mass is 15.4. The Morgan fingerprint density at radius 3 is 2.75 bits per heavy atom. The van der Waals surface area contributed by atoms with Gasteiger partial charge < -0.3 is 10.2 Å². The lowest BCUT2D eigenvalue weighted by Gasteiger charge is -2.40. The molecule has 1 fully saturated rings. The van der Waals surface area contributed by atoms with Crippen LogP contribution in [0.3, 0.4) is 0 Å². The van der Waals surface area contributed by atoms with Crippen LogP contribution in [0.25, 0.3) is 17.0 Å². The average Bonchev–Trinajstić information content (AvgIpc) is 3.16. The molecule has 140 valence electrons. The first-order valence-corrected chi connectivity index (χ1v) is 9.16. The number of pyridine rings is 1. The molecule has 0 atom stereocenters. The molecule has 5 heterocycles. The summed E-state index contributed by atoms with van der Waals surface area (Å²) in [5.41, 5.74) is 2.80. The number of nitrogens with zero attached hydrogens (tertiary/aromatic N) is 8. The van der Waals surface area contributed by atoms with Gasteiger partial charge in [0, 0.05) is 55.3 Å². The third-order valence-corrected chi connectivity index (χ3v) is 4.86. The second kappa shape index (κ2) is 6.84. The molecule has 4 aromatic rings. The van der Waals surface area contributed by atoms with Crippen LogP contribution >= 0.6 is 0 Å². The van der Waals surface area contributed by atoms with Gasteiger partial charge in [-0.3, -0.25) is 4.98 Å². The Kier molecular flexibility index (Phi) is 4.04. The standard InChI is InChI=1S/C19H19N9/c1-13-8-18(28-19(24-13)22-12-23-28)21-9-14-10-27(11-14)17-3-2-16(25-26-17)15-4-6-20-7-5-15/h2-8,12,14,21H,9-11H2,1H3. The minimum atomic E-state index is 0.536. The van der Waals surface area contributed by atoms with E-state index in [2.05, 4.69) is 40.5 Å². The largest absolute Gasteiger partial charge is 0.369 e. The first-order valence-electron chi connectivity index (χ1n) is 9.16. The van der Waals surface area contributed by atoms with Crippen molar-refractivity contribution in [2.75, 3.05) is 29.9 Å². The van der Waals surface area contributed by atoms with Gasteiger partial charge in [-0.25, -0.2) is 4.98 Å². The van der Waals surface area contributed by atoms with Gasteiger partial charge in [-0.1, -0.05) is 0 Å². The molecule has 0 saturated carbocycles. The van der Waals surface area contributed by atoms with Crippen LogP contribution in [0, 0.1) is 12.8 Å². The fourth-order valence-corrected chi connectivity index (χ4v) is 3.36. The fourth-order valence-electron chi connectivity index (χ4n) is 3.36.